The molecule has 1 rings (SSSR count). The summed E-state index contributed by atoms with van der Waals surface area (Å²) in [4.78, 5) is 0. The van der Waals surface area contributed by atoms with Crippen molar-refractivity contribution in [1.82, 2.24) is 5.32 Å². The van der Waals surface area contributed by atoms with Gasteiger partial charge in [-0.1, -0.05) is 24.3 Å². The highest BCUT2D eigenvalue weighted by molar-refractivity contribution is 5.13. The van der Waals surface area contributed by atoms with Gasteiger partial charge in [-0.25, -0.2) is 0 Å². The predicted octanol–water partition coefficient (Wildman–Crippen LogP) is 1.25. The summed E-state index contributed by atoms with van der Waals surface area (Å²) in [7, 11) is 1.96. The molecule has 0 atom stereocenters. The van der Waals surface area contributed by atoms with Crippen molar-refractivity contribution in [2.45, 2.75) is 6.42 Å². The fraction of sp³-hybridized carbons (Fsp3) is 0.333. The van der Waals surface area contributed by atoms with E-state index in [0.29, 0.717) is 0 Å². The smallest absolute Gasteiger partial charge is 0.00111 e. The van der Waals surface area contributed by atoms with Gasteiger partial charge in [0, 0.05) is 0 Å². The molecular formula is C9H12N. The standard InChI is InChI=1S/C9H12N/c1-10-8-7-9-5-3-2-4-6-9/h2-5,10H,7-8H2,1H3. The van der Waals surface area contributed by atoms with Gasteiger partial charge in [-0.05, 0) is 31.6 Å². The molecule has 10 heavy (non-hydrogen) atoms. The maximum Gasteiger partial charge on any atom is -0.00111 e. The third-order valence-electron chi connectivity index (χ3n) is 1.42. The summed E-state index contributed by atoms with van der Waals surface area (Å²) in [6, 6.07) is 11.2. The molecule has 0 aromatic heterocycles. The molecule has 1 nitrogen and oxygen atoms in total. The Labute approximate surface area is 62.1 Å². The van der Waals surface area contributed by atoms with Gasteiger partial charge >= 0.3 is 0 Å². The molecule has 0 heterocycles. The lowest BCUT2D eigenvalue weighted by Crippen LogP contribution is -2.10. The Morgan fingerprint density at radius 2 is 2.40 bits per heavy atom. The first-order chi connectivity index (χ1) is 4.93. The van der Waals surface area contributed by atoms with Crippen LogP contribution in [0.2, 0.25) is 0 Å². The molecule has 0 saturated heterocycles. The molecule has 0 spiro atoms. The molecule has 53 valence electrons. The third-order valence-corrected chi connectivity index (χ3v) is 1.42. The molecule has 1 heteroatoms. The van der Waals surface area contributed by atoms with E-state index in [4.69, 9.17) is 0 Å². The van der Waals surface area contributed by atoms with Crippen LogP contribution >= 0.6 is 0 Å². The highest BCUT2D eigenvalue weighted by atomic mass is 14.8. The van der Waals surface area contributed by atoms with Crippen LogP contribution in [0.4, 0.5) is 0 Å². The van der Waals surface area contributed by atoms with E-state index in [9.17, 15) is 0 Å². The number of rotatable bonds is 3. The molecule has 0 bridgehead atoms. The Morgan fingerprint density at radius 3 is 3.00 bits per heavy atom. The second kappa shape index (κ2) is 4.07. The first kappa shape index (κ1) is 7.29. The zero-order chi connectivity index (χ0) is 7.23. The summed E-state index contributed by atoms with van der Waals surface area (Å²) in [5.41, 5.74) is 1.27. The van der Waals surface area contributed by atoms with Crippen LogP contribution in [0.3, 0.4) is 0 Å². The van der Waals surface area contributed by atoms with Crippen molar-refractivity contribution in [3.8, 4) is 0 Å². The number of nitrogens with one attached hydrogen (secondary N) is 1. The molecular weight excluding hydrogens is 122 g/mol. The highest BCUT2D eigenvalue weighted by Gasteiger charge is 1.87. The minimum atomic E-state index is 1.03. The molecule has 0 aliphatic carbocycles. The van der Waals surface area contributed by atoms with Crippen molar-refractivity contribution in [2.75, 3.05) is 13.6 Å². The van der Waals surface area contributed by atoms with Crippen LogP contribution in [0.1, 0.15) is 5.56 Å². The molecule has 1 radical (unpaired) electrons. The molecule has 0 unspecified atom stereocenters. The Hall–Kier alpha value is -0.820. The van der Waals surface area contributed by atoms with E-state index in [1.807, 2.05) is 25.2 Å². The minimum absolute atomic E-state index is 1.03. The van der Waals surface area contributed by atoms with Gasteiger partial charge in [0.05, 0.1) is 0 Å². The molecule has 0 amide bonds. The van der Waals surface area contributed by atoms with E-state index in [0.717, 1.165) is 13.0 Å². The average Bonchev–Trinajstić information content (AvgIpc) is 2.03. The lowest BCUT2D eigenvalue weighted by atomic mass is 10.2. The molecule has 0 fully saturated rings. The van der Waals surface area contributed by atoms with Crippen LogP contribution < -0.4 is 5.32 Å². The van der Waals surface area contributed by atoms with E-state index >= 15 is 0 Å². The van der Waals surface area contributed by atoms with Gasteiger partial charge in [0.2, 0.25) is 0 Å². The lowest BCUT2D eigenvalue weighted by Gasteiger charge is -1.97. The van der Waals surface area contributed by atoms with Crippen molar-refractivity contribution < 1.29 is 0 Å². The van der Waals surface area contributed by atoms with Crippen molar-refractivity contribution in [3.05, 3.63) is 35.9 Å². The first-order valence-electron chi connectivity index (χ1n) is 3.53. The summed E-state index contributed by atoms with van der Waals surface area (Å²) >= 11 is 0. The Kier molecular flexibility index (Phi) is 2.97. The van der Waals surface area contributed by atoms with E-state index < -0.39 is 0 Å². The quantitative estimate of drug-likeness (QED) is 0.656. The van der Waals surface area contributed by atoms with Gasteiger partial charge in [-0.2, -0.15) is 0 Å². The van der Waals surface area contributed by atoms with Gasteiger partial charge in [0.25, 0.3) is 0 Å². The third kappa shape index (κ3) is 2.19. The van der Waals surface area contributed by atoms with Gasteiger partial charge in [0.1, 0.15) is 0 Å². The van der Waals surface area contributed by atoms with Gasteiger partial charge in [-0.15, -0.1) is 0 Å². The number of benzene rings is 1. The van der Waals surface area contributed by atoms with Crippen LogP contribution in [-0.2, 0) is 6.42 Å². The number of likely N-dealkylation sites (N-methyl/N-ethyl adjacent to an activating group) is 1. The second-order valence-electron chi connectivity index (χ2n) is 2.24. The minimum Gasteiger partial charge on any atom is -0.319 e. The van der Waals surface area contributed by atoms with E-state index in [1.165, 1.54) is 5.56 Å². The van der Waals surface area contributed by atoms with Crippen LogP contribution in [0.5, 0.6) is 0 Å². The van der Waals surface area contributed by atoms with Gasteiger partial charge < -0.3 is 5.32 Å². The summed E-state index contributed by atoms with van der Waals surface area (Å²) in [5.74, 6) is 0. The summed E-state index contributed by atoms with van der Waals surface area (Å²) in [5, 5.41) is 3.10. The topological polar surface area (TPSA) is 12.0 Å². The maximum atomic E-state index is 3.16. The fourth-order valence-electron chi connectivity index (χ4n) is 0.846. The molecule has 1 aromatic carbocycles. The largest absolute Gasteiger partial charge is 0.319 e. The number of hydrogen-bond donors (Lipinski definition) is 1. The fourth-order valence-corrected chi connectivity index (χ4v) is 0.846. The van der Waals surface area contributed by atoms with Crippen molar-refractivity contribution in [1.29, 1.82) is 0 Å². The monoisotopic (exact) mass is 134 g/mol. The van der Waals surface area contributed by atoms with E-state index in [2.05, 4.69) is 17.4 Å². The first-order valence-corrected chi connectivity index (χ1v) is 3.53. The average molecular weight is 134 g/mol. The van der Waals surface area contributed by atoms with Crippen LogP contribution in [-0.4, -0.2) is 13.6 Å². The predicted molar refractivity (Wildman–Crippen MR) is 42.9 cm³/mol. The Morgan fingerprint density at radius 1 is 1.50 bits per heavy atom. The normalized spacial score (nSPS) is 9.70. The van der Waals surface area contributed by atoms with Gasteiger partial charge in [0.15, 0.2) is 0 Å². The van der Waals surface area contributed by atoms with Crippen LogP contribution in [0, 0.1) is 6.07 Å². The summed E-state index contributed by atoms with van der Waals surface area (Å²) in [6.45, 7) is 1.03. The zero-order valence-electron chi connectivity index (χ0n) is 6.22. The number of hydrogen-bond acceptors (Lipinski definition) is 1. The molecule has 0 aliphatic heterocycles. The molecule has 0 saturated carbocycles. The van der Waals surface area contributed by atoms with E-state index in [1.54, 1.807) is 0 Å². The summed E-state index contributed by atoms with van der Waals surface area (Å²) in [6.07, 6.45) is 1.07. The SMILES string of the molecule is CNCCc1[c]cccc1. The van der Waals surface area contributed by atoms with E-state index in [-0.39, 0.29) is 0 Å². The molecule has 0 aliphatic rings. The Balaban J connectivity index is 2.43. The lowest BCUT2D eigenvalue weighted by molar-refractivity contribution is 0.791. The summed E-state index contributed by atoms with van der Waals surface area (Å²) < 4.78 is 0. The Bertz CT molecular complexity index is 169. The van der Waals surface area contributed by atoms with Crippen LogP contribution in [0.15, 0.2) is 24.3 Å². The second-order valence-corrected chi connectivity index (χ2v) is 2.24. The van der Waals surface area contributed by atoms with Gasteiger partial charge in [-0.3, -0.25) is 0 Å². The van der Waals surface area contributed by atoms with Crippen molar-refractivity contribution in [3.63, 3.8) is 0 Å². The molecule has 1 N–H and O–H groups in total. The maximum absolute atomic E-state index is 3.16. The van der Waals surface area contributed by atoms with Crippen molar-refractivity contribution >= 4 is 0 Å². The molecule has 1 aromatic rings. The van der Waals surface area contributed by atoms with Crippen LogP contribution in [0.25, 0.3) is 0 Å². The van der Waals surface area contributed by atoms with Crippen molar-refractivity contribution in [2.24, 2.45) is 0 Å². The zero-order valence-corrected chi connectivity index (χ0v) is 6.22. The highest BCUT2D eigenvalue weighted by Crippen LogP contribution is 1.96.